The van der Waals surface area contributed by atoms with Gasteiger partial charge in [-0.3, -0.25) is 4.90 Å². The Kier molecular flexibility index (Phi) is 6.55. The predicted molar refractivity (Wildman–Crippen MR) is 109 cm³/mol. The fourth-order valence-corrected chi connectivity index (χ4v) is 3.66. The molecule has 10 heteroatoms. The van der Waals surface area contributed by atoms with Crippen molar-refractivity contribution in [2.45, 2.75) is 26.6 Å². The fraction of sp³-hybridized carbons (Fsp3) is 0.500. The van der Waals surface area contributed by atoms with Crippen molar-refractivity contribution in [1.29, 1.82) is 0 Å². The number of alkyl halides is 3. The smallest absolute Gasteiger partial charge is 0.382 e. The predicted octanol–water partition coefficient (Wildman–Crippen LogP) is 3.12. The van der Waals surface area contributed by atoms with E-state index >= 15 is 0 Å². The van der Waals surface area contributed by atoms with E-state index in [4.69, 9.17) is 5.73 Å². The normalized spacial score (nSPS) is 15.4. The van der Waals surface area contributed by atoms with Crippen LogP contribution in [0.4, 0.5) is 29.5 Å². The second kappa shape index (κ2) is 8.95. The number of hydrogen-bond donors (Lipinski definition) is 1. The summed E-state index contributed by atoms with van der Waals surface area (Å²) >= 11 is 0. The van der Waals surface area contributed by atoms with Crippen LogP contribution in [0.3, 0.4) is 0 Å². The number of nitrogens with zero attached hydrogens (tertiary/aromatic N) is 5. The molecule has 1 aliphatic rings. The van der Waals surface area contributed by atoms with Gasteiger partial charge in [-0.25, -0.2) is 4.79 Å². The summed E-state index contributed by atoms with van der Waals surface area (Å²) < 4.78 is 40.8. The van der Waals surface area contributed by atoms with Gasteiger partial charge < -0.3 is 15.5 Å². The van der Waals surface area contributed by atoms with Gasteiger partial charge in [-0.2, -0.15) is 17.9 Å². The molecule has 0 atom stereocenters. The van der Waals surface area contributed by atoms with Crippen LogP contribution in [0.2, 0.25) is 0 Å². The summed E-state index contributed by atoms with van der Waals surface area (Å²) in [6, 6.07) is 5.28. The van der Waals surface area contributed by atoms with Gasteiger partial charge in [-0.1, -0.05) is 6.07 Å². The van der Waals surface area contributed by atoms with Crippen molar-refractivity contribution in [2.24, 2.45) is 0 Å². The first-order valence-corrected chi connectivity index (χ1v) is 10.0. The van der Waals surface area contributed by atoms with Gasteiger partial charge in [0.1, 0.15) is 5.82 Å². The third kappa shape index (κ3) is 4.86. The zero-order valence-corrected chi connectivity index (χ0v) is 17.2. The van der Waals surface area contributed by atoms with Crippen LogP contribution in [-0.2, 0) is 12.7 Å². The maximum atomic E-state index is 13.2. The van der Waals surface area contributed by atoms with Gasteiger partial charge in [0.05, 0.1) is 5.56 Å². The van der Waals surface area contributed by atoms with E-state index in [0.29, 0.717) is 51.5 Å². The lowest BCUT2D eigenvalue weighted by Crippen LogP contribution is -2.49. The molecule has 1 fully saturated rings. The van der Waals surface area contributed by atoms with Crippen LogP contribution in [0, 0.1) is 0 Å². The number of rotatable bonds is 5. The Balaban J connectivity index is 1.70. The highest BCUT2D eigenvalue weighted by Crippen LogP contribution is 2.34. The molecule has 0 radical (unpaired) electrons. The van der Waals surface area contributed by atoms with Crippen molar-refractivity contribution in [1.82, 2.24) is 19.6 Å². The molecule has 3 rings (SSSR count). The number of nitrogen functional groups attached to an aromatic ring is 1. The topological polar surface area (TPSA) is 70.6 Å². The number of nitrogens with two attached hydrogens (primary N) is 1. The molecule has 2 N–H and O–H groups in total. The second-order valence-corrected chi connectivity index (χ2v) is 7.24. The van der Waals surface area contributed by atoms with E-state index in [1.165, 1.54) is 16.9 Å². The third-order valence-corrected chi connectivity index (χ3v) is 5.36. The van der Waals surface area contributed by atoms with Crippen molar-refractivity contribution >= 4 is 17.5 Å². The number of amides is 1. The molecule has 164 valence electrons. The zero-order chi connectivity index (χ0) is 21.9. The van der Waals surface area contributed by atoms with Gasteiger partial charge in [0.15, 0.2) is 0 Å². The summed E-state index contributed by atoms with van der Waals surface area (Å²) in [6.07, 6.45) is -2.84. The number of carbonyl (C=O) groups excluding carboxylic acids is 1. The Bertz CT molecular complexity index is 870. The fourth-order valence-electron chi connectivity index (χ4n) is 3.66. The lowest BCUT2D eigenvalue weighted by atomic mass is 10.1. The van der Waals surface area contributed by atoms with Gasteiger partial charge in [-0.15, -0.1) is 5.10 Å². The molecule has 0 bridgehead atoms. The van der Waals surface area contributed by atoms with E-state index in [-0.39, 0.29) is 11.8 Å². The van der Waals surface area contributed by atoms with E-state index < -0.39 is 11.7 Å². The monoisotopic (exact) mass is 424 g/mol. The van der Waals surface area contributed by atoms with E-state index in [9.17, 15) is 18.0 Å². The molecule has 0 spiro atoms. The number of piperazine rings is 1. The highest BCUT2D eigenvalue weighted by atomic mass is 19.4. The van der Waals surface area contributed by atoms with Gasteiger partial charge >= 0.3 is 12.2 Å². The lowest BCUT2D eigenvalue weighted by molar-refractivity contribution is -0.137. The maximum Gasteiger partial charge on any atom is 0.416 e. The molecule has 0 saturated carbocycles. The van der Waals surface area contributed by atoms with Crippen LogP contribution in [0.5, 0.6) is 0 Å². The Morgan fingerprint density at radius 1 is 1.13 bits per heavy atom. The molecule has 0 aliphatic carbocycles. The quantitative estimate of drug-likeness (QED) is 0.799. The van der Waals surface area contributed by atoms with Crippen LogP contribution in [0.1, 0.15) is 25.0 Å². The average Bonchev–Trinajstić information content (AvgIpc) is 3.15. The minimum absolute atomic E-state index is 0.232. The van der Waals surface area contributed by atoms with Crippen molar-refractivity contribution in [3.63, 3.8) is 0 Å². The number of carbonyl (C=O) groups is 1. The molecule has 7 nitrogen and oxygen atoms in total. The van der Waals surface area contributed by atoms with E-state index in [2.05, 4.69) is 10.00 Å². The number of benzene rings is 1. The molecular weight excluding hydrogens is 397 g/mol. The van der Waals surface area contributed by atoms with Gasteiger partial charge in [0.2, 0.25) is 0 Å². The van der Waals surface area contributed by atoms with Crippen LogP contribution in [0.25, 0.3) is 0 Å². The first kappa shape index (κ1) is 21.9. The summed E-state index contributed by atoms with van der Waals surface area (Å²) in [6.45, 7) is 7.92. The van der Waals surface area contributed by atoms with Gasteiger partial charge in [0.25, 0.3) is 0 Å². The highest BCUT2D eigenvalue weighted by Gasteiger charge is 2.32. The largest absolute Gasteiger partial charge is 0.416 e. The lowest BCUT2D eigenvalue weighted by Gasteiger charge is -2.35. The van der Waals surface area contributed by atoms with Crippen molar-refractivity contribution in [3.05, 3.63) is 41.6 Å². The van der Waals surface area contributed by atoms with Crippen LogP contribution < -0.4 is 10.6 Å². The number of halogens is 3. The summed E-state index contributed by atoms with van der Waals surface area (Å²) in [5.74, 6) is 0.285. The molecule has 2 aromatic rings. The number of aromatic nitrogens is 2. The Morgan fingerprint density at radius 3 is 2.33 bits per heavy atom. The van der Waals surface area contributed by atoms with Crippen LogP contribution >= 0.6 is 0 Å². The molecule has 1 aromatic heterocycles. The summed E-state index contributed by atoms with van der Waals surface area (Å²) in [5, 5.41) is 3.94. The minimum atomic E-state index is -4.37. The summed E-state index contributed by atoms with van der Waals surface area (Å²) in [4.78, 5) is 18.3. The van der Waals surface area contributed by atoms with Crippen molar-refractivity contribution < 1.29 is 18.0 Å². The van der Waals surface area contributed by atoms with Gasteiger partial charge in [0, 0.05) is 63.8 Å². The third-order valence-electron chi connectivity index (χ3n) is 5.36. The van der Waals surface area contributed by atoms with E-state index in [1.807, 2.05) is 18.7 Å². The molecule has 1 aromatic carbocycles. The number of anilines is 2. The summed E-state index contributed by atoms with van der Waals surface area (Å²) in [7, 11) is 0. The molecule has 2 heterocycles. The number of hydrogen-bond acceptors (Lipinski definition) is 5. The molecule has 1 aliphatic heterocycles. The van der Waals surface area contributed by atoms with Crippen molar-refractivity contribution in [3.8, 4) is 0 Å². The highest BCUT2D eigenvalue weighted by molar-refractivity contribution is 5.76. The maximum absolute atomic E-state index is 13.2. The Hall–Kier alpha value is -2.75. The van der Waals surface area contributed by atoms with E-state index in [1.54, 1.807) is 17.0 Å². The SMILES string of the molecule is CCN(CC)c1cc(C(F)(F)F)ccc1CN1CCN(C(=O)n2ccc(N)n2)CC1. The van der Waals surface area contributed by atoms with Crippen molar-refractivity contribution in [2.75, 3.05) is 49.9 Å². The second-order valence-electron chi connectivity index (χ2n) is 7.24. The minimum Gasteiger partial charge on any atom is -0.382 e. The average molecular weight is 424 g/mol. The molecular formula is C20H27F3N6O. The standard InChI is InChI=1S/C20H27F3N6O/c1-3-27(4-2)17-13-16(20(21,22)23)6-5-15(17)14-26-9-11-28(12-10-26)19(30)29-8-7-18(24)25-29/h5-8,13H,3-4,9-12,14H2,1-2H3,(H2,24,25). The Labute approximate surface area is 173 Å². The Morgan fingerprint density at radius 2 is 1.80 bits per heavy atom. The molecule has 30 heavy (non-hydrogen) atoms. The molecule has 0 unspecified atom stereocenters. The molecule has 1 amide bonds. The van der Waals surface area contributed by atoms with Crippen LogP contribution in [0.15, 0.2) is 30.5 Å². The zero-order valence-electron chi connectivity index (χ0n) is 17.2. The van der Waals surface area contributed by atoms with Crippen LogP contribution in [-0.4, -0.2) is 64.9 Å². The summed E-state index contributed by atoms with van der Waals surface area (Å²) in [5.41, 5.74) is 6.40. The van der Waals surface area contributed by atoms with E-state index in [0.717, 1.165) is 11.6 Å². The van der Waals surface area contributed by atoms with Gasteiger partial charge in [-0.05, 0) is 31.5 Å². The molecule has 1 saturated heterocycles. The first-order chi connectivity index (χ1) is 14.2. The first-order valence-electron chi connectivity index (χ1n) is 10.0.